The fraction of sp³-hybridized carbons (Fsp3) is 0.680. The Balaban J connectivity index is 1.49. The van der Waals surface area contributed by atoms with Crippen molar-refractivity contribution in [2.45, 2.75) is 76.4 Å². The van der Waals surface area contributed by atoms with Gasteiger partial charge in [0.1, 0.15) is 5.60 Å². The van der Waals surface area contributed by atoms with Crippen LogP contribution in [0.4, 0.5) is 4.79 Å². The van der Waals surface area contributed by atoms with Gasteiger partial charge in [0.25, 0.3) is 0 Å². The van der Waals surface area contributed by atoms with Crippen molar-refractivity contribution in [3.63, 3.8) is 0 Å². The summed E-state index contributed by atoms with van der Waals surface area (Å²) in [6.45, 7) is 7.59. The minimum absolute atomic E-state index is 0.116. The Hall–Kier alpha value is -2.08. The molecule has 31 heavy (non-hydrogen) atoms. The first-order valence-corrected chi connectivity index (χ1v) is 11.6. The number of aliphatic hydroxyl groups is 1. The summed E-state index contributed by atoms with van der Waals surface area (Å²) < 4.78 is 5.60. The quantitative estimate of drug-likeness (QED) is 0.792. The highest BCUT2D eigenvalue weighted by molar-refractivity contribution is 5.80. The first-order valence-electron chi connectivity index (χ1n) is 11.6. The van der Waals surface area contributed by atoms with Crippen molar-refractivity contribution in [2.75, 3.05) is 26.2 Å². The maximum absolute atomic E-state index is 12.8. The van der Waals surface area contributed by atoms with Gasteiger partial charge in [-0.25, -0.2) is 4.79 Å². The zero-order valence-electron chi connectivity index (χ0n) is 19.1. The first kappa shape index (κ1) is 22.1. The van der Waals surface area contributed by atoms with Crippen LogP contribution in [0.2, 0.25) is 0 Å². The number of ether oxygens (including phenoxy) is 1. The van der Waals surface area contributed by atoms with Gasteiger partial charge in [-0.1, -0.05) is 43.2 Å². The lowest BCUT2D eigenvalue weighted by Gasteiger charge is -2.53. The molecule has 170 valence electrons. The molecule has 1 aromatic carbocycles. The molecule has 1 N–H and O–H groups in total. The Morgan fingerprint density at radius 1 is 1.16 bits per heavy atom. The smallest absolute Gasteiger partial charge is 0.410 e. The maximum Gasteiger partial charge on any atom is 0.410 e. The van der Waals surface area contributed by atoms with E-state index in [1.807, 2.05) is 43.9 Å². The largest absolute Gasteiger partial charge is 0.444 e. The summed E-state index contributed by atoms with van der Waals surface area (Å²) in [6.07, 6.45) is 4.53. The molecule has 0 bridgehead atoms. The predicted molar refractivity (Wildman–Crippen MR) is 119 cm³/mol. The molecule has 1 spiro atoms. The van der Waals surface area contributed by atoms with Gasteiger partial charge in [0.05, 0.1) is 12.1 Å². The maximum atomic E-state index is 12.8. The zero-order chi connectivity index (χ0) is 22.3. The normalized spacial score (nSPS) is 28.4. The van der Waals surface area contributed by atoms with Crippen LogP contribution in [0.15, 0.2) is 30.3 Å². The van der Waals surface area contributed by atoms with E-state index >= 15 is 0 Å². The summed E-state index contributed by atoms with van der Waals surface area (Å²) in [4.78, 5) is 29.2. The van der Waals surface area contributed by atoms with E-state index in [1.54, 1.807) is 4.90 Å². The van der Waals surface area contributed by atoms with Gasteiger partial charge in [-0.15, -0.1) is 0 Å². The van der Waals surface area contributed by atoms with E-state index in [2.05, 4.69) is 12.1 Å². The summed E-state index contributed by atoms with van der Waals surface area (Å²) in [5, 5.41) is 11.9. The van der Waals surface area contributed by atoms with Gasteiger partial charge < -0.3 is 19.6 Å². The topological polar surface area (TPSA) is 70.1 Å². The van der Waals surface area contributed by atoms with Gasteiger partial charge in [-0.3, -0.25) is 4.79 Å². The Morgan fingerprint density at radius 3 is 2.48 bits per heavy atom. The third kappa shape index (κ3) is 4.45. The van der Waals surface area contributed by atoms with E-state index in [4.69, 9.17) is 4.74 Å². The molecule has 2 aliphatic heterocycles. The molecule has 1 aromatic rings. The Labute approximate surface area is 185 Å². The number of amides is 2. The zero-order valence-corrected chi connectivity index (χ0v) is 19.1. The Kier molecular flexibility index (Phi) is 5.80. The predicted octanol–water partition coefficient (Wildman–Crippen LogP) is 3.93. The number of hydrogen-bond acceptors (Lipinski definition) is 4. The summed E-state index contributed by atoms with van der Waals surface area (Å²) in [5.74, 6) is 0.295. The first-order chi connectivity index (χ1) is 14.6. The third-order valence-electron chi connectivity index (χ3n) is 7.43. The summed E-state index contributed by atoms with van der Waals surface area (Å²) in [5.41, 5.74) is -0.695. The molecule has 2 amide bonds. The van der Waals surface area contributed by atoms with E-state index in [1.165, 1.54) is 5.56 Å². The summed E-state index contributed by atoms with van der Waals surface area (Å²) in [7, 11) is 0. The Bertz CT molecular complexity index is 813. The van der Waals surface area contributed by atoms with Crippen molar-refractivity contribution in [2.24, 2.45) is 5.41 Å². The van der Waals surface area contributed by atoms with Crippen LogP contribution in [0, 0.1) is 5.41 Å². The molecule has 4 rings (SSSR count). The van der Waals surface area contributed by atoms with Crippen LogP contribution < -0.4 is 0 Å². The van der Waals surface area contributed by atoms with Crippen molar-refractivity contribution in [1.29, 1.82) is 0 Å². The van der Waals surface area contributed by atoms with Crippen LogP contribution in [0.25, 0.3) is 0 Å². The molecule has 0 unspecified atom stereocenters. The van der Waals surface area contributed by atoms with Crippen molar-refractivity contribution >= 4 is 12.0 Å². The van der Waals surface area contributed by atoms with Crippen LogP contribution in [-0.4, -0.2) is 64.3 Å². The van der Waals surface area contributed by atoms with E-state index in [-0.39, 0.29) is 23.3 Å². The number of nitrogens with zero attached hydrogens (tertiary/aromatic N) is 2. The SMILES string of the molecule is CC(C)(C)OC(=O)N1CC[C@](O)(CN2C[C@H](c3ccccc3)CC2=O)C2(CCCC2)C1. The van der Waals surface area contributed by atoms with E-state index in [0.29, 0.717) is 39.0 Å². The van der Waals surface area contributed by atoms with E-state index in [0.717, 1.165) is 25.7 Å². The lowest BCUT2D eigenvalue weighted by atomic mass is 9.65. The number of β-amino-alcohol motifs (C(OH)–C–C–N with tert-alkyl or cyclic N) is 1. The average Bonchev–Trinajstić information content (AvgIpc) is 3.32. The van der Waals surface area contributed by atoms with Crippen LogP contribution in [0.1, 0.15) is 70.8 Å². The van der Waals surface area contributed by atoms with Crippen molar-refractivity contribution in [3.05, 3.63) is 35.9 Å². The Morgan fingerprint density at radius 2 is 1.84 bits per heavy atom. The molecule has 2 atom stereocenters. The molecule has 2 saturated heterocycles. The number of rotatable bonds is 3. The van der Waals surface area contributed by atoms with Crippen molar-refractivity contribution < 1.29 is 19.4 Å². The lowest BCUT2D eigenvalue weighted by molar-refractivity contribution is -0.154. The summed E-state index contributed by atoms with van der Waals surface area (Å²) >= 11 is 0. The van der Waals surface area contributed by atoms with Crippen LogP contribution in [0.3, 0.4) is 0 Å². The van der Waals surface area contributed by atoms with Gasteiger partial charge in [0, 0.05) is 37.4 Å². The number of carbonyl (C=O) groups is 2. The minimum Gasteiger partial charge on any atom is -0.444 e. The molecular weight excluding hydrogens is 392 g/mol. The number of likely N-dealkylation sites (tertiary alicyclic amines) is 2. The molecule has 0 aromatic heterocycles. The standard InChI is InChI=1S/C25H36N2O4/c1-23(2,3)31-22(29)26-14-13-25(30,24(17-26)11-7-8-12-24)18-27-16-20(15-21(27)28)19-9-5-4-6-10-19/h4-6,9-10,20,30H,7-8,11-18H2,1-3H3/t20-,25+/m1/s1. The molecule has 3 aliphatic rings. The molecule has 3 fully saturated rings. The monoisotopic (exact) mass is 428 g/mol. The number of benzene rings is 1. The third-order valence-corrected chi connectivity index (χ3v) is 7.43. The molecule has 6 heteroatoms. The second kappa shape index (κ2) is 8.12. The minimum atomic E-state index is -0.969. The average molecular weight is 429 g/mol. The number of piperidine rings is 1. The van der Waals surface area contributed by atoms with Crippen LogP contribution in [-0.2, 0) is 9.53 Å². The van der Waals surface area contributed by atoms with Gasteiger partial charge in [0.15, 0.2) is 0 Å². The van der Waals surface area contributed by atoms with Gasteiger partial charge in [0.2, 0.25) is 5.91 Å². The second-order valence-corrected chi connectivity index (χ2v) is 10.8. The second-order valence-electron chi connectivity index (χ2n) is 10.8. The van der Waals surface area contributed by atoms with Gasteiger partial charge in [-0.05, 0) is 45.6 Å². The molecular formula is C25H36N2O4. The van der Waals surface area contributed by atoms with E-state index < -0.39 is 11.2 Å². The fourth-order valence-corrected chi connectivity index (χ4v) is 5.77. The number of carbonyl (C=O) groups excluding carboxylic acids is 2. The van der Waals surface area contributed by atoms with Gasteiger partial charge in [-0.2, -0.15) is 0 Å². The van der Waals surface area contributed by atoms with Crippen molar-refractivity contribution in [3.8, 4) is 0 Å². The van der Waals surface area contributed by atoms with Crippen LogP contribution >= 0.6 is 0 Å². The molecule has 1 saturated carbocycles. The molecule has 1 aliphatic carbocycles. The van der Waals surface area contributed by atoms with Crippen LogP contribution in [0.5, 0.6) is 0 Å². The number of hydrogen-bond donors (Lipinski definition) is 1. The molecule has 6 nitrogen and oxygen atoms in total. The fourth-order valence-electron chi connectivity index (χ4n) is 5.77. The summed E-state index contributed by atoms with van der Waals surface area (Å²) in [6, 6.07) is 10.2. The van der Waals surface area contributed by atoms with Gasteiger partial charge >= 0.3 is 6.09 Å². The highest BCUT2D eigenvalue weighted by Gasteiger charge is 2.57. The van der Waals surface area contributed by atoms with Crippen molar-refractivity contribution in [1.82, 2.24) is 9.80 Å². The molecule has 0 radical (unpaired) electrons. The molecule has 2 heterocycles. The highest BCUT2D eigenvalue weighted by Crippen LogP contribution is 2.51. The lowest BCUT2D eigenvalue weighted by Crippen LogP contribution is -2.64. The highest BCUT2D eigenvalue weighted by atomic mass is 16.6. The van der Waals surface area contributed by atoms with E-state index in [9.17, 15) is 14.7 Å².